The summed E-state index contributed by atoms with van der Waals surface area (Å²) in [6.45, 7) is 2.28. The molecule has 5 heteroatoms. The van der Waals surface area contributed by atoms with Crippen LogP contribution in [0.5, 0.6) is 0 Å². The zero-order valence-electron chi connectivity index (χ0n) is 10.1. The third kappa shape index (κ3) is 4.32. The number of terminal acetylenes is 1. The van der Waals surface area contributed by atoms with Crippen molar-refractivity contribution in [2.45, 2.75) is 19.4 Å². The molecule has 0 aliphatic carbocycles. The number of hydrogen-bond donors (Lipinski definition) is 1. The first-order valence-electron chi connectivity index (χ1n) is 5.12. The van der Waals surface area contributed by atoms with Gasteiger partial charge in [-0.25, -0.2) is 0 Å². The average molecular weight is 225 g/mol. The van der Waals surface area contributed by atoms with Crippen molar-refractivity contribution >= 4 is 11.8 Å². The molecule has 0 heterocycles. The second kappa shape index (κ2) is 6.85. The fourth-order valence-corrected chi connectivity index (χ4v) is 1.10. The Balaban J connectivity index is 4.45. The number of likely N-dealkylation sites (N-methyl/N-ethyl adjacent to an activating group) is 2. The Bertz CT molecular complexity index is 294. The van der Waals surface area contributed by atoms with Crippen LogP contribution in [0.25, 0.3) is 0 Å². The molecule has 0 radical (unpaired) electrons. The number of nitrogens with two attached hydrogens (primary N) is 1. The van der Waals surface area contributed by atoms with Crippen molar-refractivity contribution in [1.29, 1.82) is 0 Å². The molecule has 0 aliphatic rings. The zero-order chi connectivity index (χ0) is 12.7. The Morgan fingerprint density at radius 3 is 2.38 bits per heavy atom. The minimum absolute atomic E-state index is 0.0423. The third-order valence-electron chi connectivity index (χ3n) is 2.17. The van der Waals surface area contributed by atoms with E-state index in [1.165, 1.54) is 9.80 Å². The summed E-state index contributed by atoms with van der Waals surface area (Å²) in [5, 5.41) is 0. The fraction of sp³-hybridized carbons (Fsp3) is 0.636. The minimum Gasteiger partial charge on any atom is -0.347 e. The molecule has 2 N–H and O–H groups in total. The summed E-state index contributed by atoms with van der Waals surface area (Å²) >= 11 is 0. The Labute approximate surface area is 96.6 Å². The Kier molecular flexibility index (Phi) is 6.19. The van der Waals surface area contributed by atoms with Gasteiger partial charge >= 0.3 is 0 Å². The average Bonchev–Trinajstić information content (AvgIpc) is 2.24. The zero-order valence-corrected chi connectivity index (χ0v) is 10.1. The maximum Gasteiger partial charge on any atom is 0.241 e. The number of hydrogen-bond acceptors (Lipinski definition) is 3. The van der Waals surface area contributed by atoms with Gasteiger partial charge in [-0.1, -0.05) is 0 Å². The van der Waals surface area contributed by atoms with Gasteiger partial charge in [0.15, 0.2) is 0 Å². The van der Waals surface area contributed by atoms with Gasteiger partial charge in [-0.15, -0.1) is 12.3 Å². The molecule has 2 amide bonds. The lowest BCUT2D eigenvalue weighted by molar-refractivity contribution is -0.139. The SMILES string of the molecule is C#CCC(N)C(=O)N(CC)CC(=O)N(C)C. The van der Waals surface area contributed by atoms with Crippen molar-refractivity contribution in [1.82, 2.24) is 9.80 Å². The van der Waals surface area contributed by atoms with Crippen LogP contribution < -0.4 is 5.73 Å². The van der Waals surface area contributed by atoms with Gasteiger partial charge in [0.2, 0.25) is 11.8 Å². The molecule has 0 aromatic carbocycles. The van der Waals surface area contributed by atoms with Crippen LogP contribution in [0, 0.1) is 12.3 Å². The number of carbonyl (C=O) groups excluding carboxylic acids is 2. The summed E-state index contributed by atoms with van der Waals surface area (Å²) < 4.78 is 0. The maximum atomic E-state index is 11.8. The highest BCUT2D eigenvalue weighted by atomic mass is 16.2. The predicted octanol–water partition coefficient (Wildman–Crippen LogP) is -0.726. The minimum atomic E-state index is -0.722. The predicted molar refractivity (Wildman–Crippen MR) is 62.4 cm³/mol. The van der Waals surface area contributed by atoms with Gasteiger partial charge in [-0.3, -0.25) is 9.59 Å². The summed E-state index contributed by atoms with van der Waals surface area (Å²) in [5.41, 5.74) is 5.60. The van der Waals surface area contributed by atoms with Crippen LogP contribution >= 0.6 is 0 Å². The summed E-state index contributed by atoms with van der Waals surface area (Å²) in [6, 6.07) is -0.722. The third-order valence-corrected chi connectivity index (χ3v) is 2.17. The highest BCUT2D eigenvalue weighted by Crippen LogP contribution is 1.98. The largest absolute Gasteiger partial charge is 0.347 e. The van der Waals surface area contributed by atoms with E-state index in [0.29, 0.717) is 6.54 Å². The van der Waals surface area contributed by atoms with E-state index in [4.69, 9.17) is 12.2 Å². The summed E-state index contributed by atoms with van der Waals surface area (Å²) in [4.78, 5) is 26.0. The van der Waals surface area contributed by atoms with Gasteiger partial charge in [-0.2, -0.15) is 0 Å². The van der Waals surface area contributed by atoms with Gasteiger partial charge in [0.05, 0.1) is 12.6 Å². The molecule has 90 valence electrons. The van der Waals surface area contributed by atoms with E-state index in [2.05, 4.69) is 5.92 Å². The second-order valence-electron chi connectivity index (χ2n) is 3.66. The summed E-state index contributed by atoms with van der Waals surface area (Å²) in [7, 11) is 3.28. The molecular formula is C11H19N3O2. The highest BCUT2D eigenvalue weighted by molar-refractivity contribution is 5.87. The van der Waals surface area contributed by atoms with Crippen LogP contribution in [0.2, 0.25) is 0 Å². The molecule has 1 atom stereocenters. The van der Waals surface area contributed by atoms with Crippen molar-refractivity contribution in [3.63, 3.8) is 0 Å². The van der Waals surface area contributed by atoms with Gasteiger partial charge < -0.3 is 15.5 Å². The van der Waals surface area contributed by atoms with E-state index < -0.39 is 6.04 Å². The lowest BCUT2D eigenvalue weighted by atomic mass is 10.2. The van der Waals surface area contributed by atoms with Crippen molar-refractivity contribution in [3.8, 4) is 12.3 Å². The van der Waals surface area contributed by atoms with E-state index >= 15 is 0 Å². The van der Waals surface area contributed by atoms with Crippen LogP contribution in [0.1, 0.15) is 13.3 Å². The van der Waals surface area contributed by atoms with Crippen molar-refractivity contribution in [2.75, 3.05) is 27.2 Å². The molecule has 0 fully saturated rings. The van der Waals surface area contributed by atoms with Crippen LogP contribution in [-0.4, -0.2) is 54.8 Å². The standard InChI is InChI=1S/C11H19N3O2/c1-5-7-9(12)11(16)14(6-2)8-10(15)13(3)4/h1,9H,6-8,12H2,2-4H3. The van der Waals surface area contributed by atoms with Gasteiger partial charge in [-0.05, 0) is 6.92 Å². The molecule has 0 aliphatic heterocycles. The quantitative estimate of drug-likeness (QED) is 0.628. The maximum absolute atomic E-state index is 11.8. The van der Waals surface area contributed by atoms with E-state index in [1.54, 1.807) is 21.0 Å². The molecule has 0 saturated heterocycles. The Hall–Kier alpha value is -1.54. The van der Waals surface area contributed by atoms with Gasteiger partial charge in [0.1, 0.15) is 0 Å². The van der Waals surface area contributed by atoms with Gasteiger partial charge in [0.25, 0.3) is 0 Å². The monoisotopic (exact) mass is 225 g/mol. The smallest absolute Gasteiger partial charge is 0.241 e. The fourth-order valence-electron chi connectivity index (χ4n) is 1.10. The first-order chi connectivity index (χ1) is 7.43. The highest BCUT2D eigenvalue weighted by Gasteiger charge is 2.21. The van der Waals surface area contributed by atoms with Crippen molar-refractivity contribution in [2.24, 2.45) is 5.73 Å². The van der Waals surface area contributed by atoms with E-state index in [9.17, 15) is 9.59 Å². The molecule has 0 spiro atoms. The molecule has 16 heavy (non-hydrogen) atoms. The molecule has 0 saturated carbocycles. The van der Waals surface area contributed by atoms with Crippen LogP contribution in [-0.2, 0) is 9.59 Å². The molecule has 5 nitrogen and oxygen atoms in total. The number of nitrogens with zero attached hydrogens (tertiary/aromatic N) is 2. The van der Waals surface area contributed by atoms with Crippen molar-refractivity contribution in [3.05, 3.63) is 0 Å². The van der Waals surface area contributed by atoms with E-state index in [1.807, 2.05) is 0 Å². The molecule has 0 aromatic heterocycles. The normalized spacial score (nSPS) is 11.4. The number of amides is 2. The van der Waals surface area contributed by atoms with E-state index in [-0.39, 0.29) is 24.8 Å². The molecule has 0 aromatic rings. The van der Waals surface area contributed by atoms with Crippen LogP contribution in [0.15, 0.2) is 0 Å². The number of rotatable bonds is 5. The first kappa shape index (κ1) is 14.5. The summed E-state index contributed by atoms with van der Waals surface area (Å²) in [6.07, 6.45) is 5.27. The lowest BCUT2D eigenvalue weighted by Crippen LogP contribution is -2.47. The number of carbonyl (C=O) groups is 2. The van der Waals surface area contributed by atoms with E-state index in [0.717, 1.165) is 0 Å². The molecule has 0 rings (SSSR count). The van der Waals surface area contributed by atoms with Crippen LogP contribution in [0.4, 0.5) is 0 Å². The second-order valence-corrected chi connectivity index (χ2v) is 3.66. The first-order valence-corrected chi connectivity index (χ1v) is 5.12. The molecular weight excluding hydrogens is 206 g/mol. The topological polar surface area (TPSA) is 66.6 Å². The molecule has 1 unspecified atom stereocenters. The summed E-state index contributed by atoms with van der Waals surface area (Å²) in [5.74, 6) is 1.92. The van der Waals surface area contributed by atoms with Crippen LogP contribution in [0.3, 0.4) is 0 Å². The van der Waals surface area contributed by atoms with Crippen molar-refractivity contribution < 1.29 is 9.59 Å². The Morgan fingerprint density at radius 2 is 2.00 bits per heavy atom. The van der Waals surface area contributed by atoms with Gasteiger partial charge in [0, 0.05) is 27.1 Å². The molecule has 0 bridgehead atoms. The lowest BCUT2D eigenvalue weighted by Gasteiger charge is -2.24. The Morgan fingerprint density at radius 1 is 1.44 bits per heavy atom.